The van der Waals surface area contributed by atoms with E-state index in [2.05, 4.69) is 19.2 Å². The fourth-order valence-electron chi connectivity index (χ4n) is 2.07. The minimum Gasteiger partial charge on any atom is -0.324 e. The Labute approximate surface area is 118 Å². The number of fused-ring (bicyclic) bond motifs is 1. The van der Waals surface area contributed by atoms with Crippen molar-refractivity contribution in [2.24, 2.45) is 5.92 Å². The second-order valence-electron chi connectivity index (χ2n) is 5.11. The Hall–Kier alpha value is -1.54. The van der Waals surface area contributed by atoms with Gasteiger partial charge in [-0.2, -0.15) is 0 Å². The number of alkyl halides is 1. The van der Waals surface area contributed by atoms with Crippen molar-refractivity contribution in [1.82, 2.24) is 0 Å². The summed E-state index contributed by atoms with van der Waals surface area (Å²) >= 11 is 6.12. The van der Waals surface area contributed by atoms with Crippen LogP contribution in [0.1, 0.15) is 20.3 Å². The summed E-state index contributed by atoms with van der Waals surface area (Å²) in [6.45, 7) is 4.11. The summed E-state index contributed by atoms with van der Waals surface area (Å²) < 4.78 is 0. The molecule has 0 radical (unpaired) electrons. The van der Waals surface area contributed by atoms with Crippen LogP contribution in [0.5, 0.6) is 0 Å². The van der Waals surface area contributed by atoms with Crippen molar-refractivity contribution in [3.05, 3.63) is 42.5 Å². The van der Waals surface area contributed by atoms with Gasteiger partial charge in [0.1, 0.15) is 5.38 Å². The van der Waals surface area contributed by atoms with Crippen LogP contribution in [0, 0.1) is 5.92 Å². The first-order valence-corrected chi connectivity index (χ1v) is 6.94. The highest BCUT2D eigenvalue weighted by Gasteiger charge is 2.17. The number of nitrogens with one attached hydrogen (secondary N) is 1. The third-order valence-electron chi connectivity index (χ3n) is 3.01. The zero-order valence-corrected chi connectivity index (χ0v) is 11.9. The quantitative estimate of drug-likeness (QED) is 0.822. The summed E-state index contributed by atoms with van der Waals surface area (Å²) in [6.07, 6.45) is 0.679. The van der Waals surface area contributed by atoms with E-state index in [9.17, 15) is 4.79 Å². The van der Waals surface area contributed by atoms with Gasteiger partial charge in [-0.3, -0.25) is 4.79 Å². The molecule has 2 rings (SSSR count). The van der Waals surface area contributed by atoms with Gasteiger partial charge in [-0.25, -0.2) is 0 Å². The van der Waals surface area contributed by atoms with Crippen molar-refractivity contribution < 1.29 is 4.79 Å². The maximum absolute atomic E-state index is 12.0. The summed E-state index contributed by atoms with van der Waals surface area (Å²) in [5, 5.41) is 4.57. The Morgan fingerprint density at radius 1 is 1.16 bits per heavy atom. The molecule has 1 unspecified atom stereocenters. The molecule has 0 saturated carbocycles. The standard InChI is InChI=1S/C16H18ClNO/c1-11(2)10-14(17)16(19)18-15-9-5-7-12-6-3-4-8-13(12)15/h3-9,11,14H,10H2,1-2H3,(H,18,19). The monoisotopic (exact) mass is 275 g/mol. The topological polar surface area (TPSA) is 29.1 Å². The molecule has 0 saturated heterocycles. The normalized spacial score (nSPS) is 12.6. The van der Waals surface area contributed by atoms with Gasteiger partial charge in [0.25, 0.3) is 0 Å². The number of hydrogen-bond acceptors (Lipinski definition) is 1. The van der Waals surface area contributed by atoms with Crippen LogP contribution in [0.3, 0.4) is 0 Å². The number of anilines is 1. The molecule has 2 aromatic carbocycles. The maximum Gasteiger partial charge on any atom is 0.242 e. The molecule has 3 heteroatoms. The van der Waals surface area contributed by atoms with Gasteiger partial charge >= 0.3 is 0 Å². The van der Waals surface area contributed by atoms with Crippen molar-refractivity contribution in [2.45, 2.75) is 25.6 Å². The van der Waals surface area contributed by atoms with E-state index < -0.39 is 5.38 Å². The Morgan fingerprint density at radius 2 is 1.84 bits per heavy atom. The zero-order valence-electron chi connectivity index (χ0n) is 11.2. The van der Waals surface area contributed by atoms with Gasteiger partial charge in [-0.15, -0.1) is 11.6 Å². The van der Waals surface area contributed by atoms with E-state index in [1.54, 1.807) is 0 Å². The molecule has 0 aromatic heterocycles. The Balaban J connectivity index is 2.19. The van der Waals surface area contributed by atoms with E-state index >= 15 is 0 Å². The van der Waals surface area contributed by atoms with Gasteiger partial charge in [0.15, 0.2) is 0 Å². The molecule has 0 heterocycles. The van der Waals surface area contributed by atoms with Crippen molar-refractivity contribution in [1.29, 1.82) is 0 Å². The number of benzene rings is 2. The Morgan fingerprint density at radius 3 is 2.58 bits per heavy atom. The second kappa shape index (κ2) is 6.07. The number of halogens is 1. The molecule has 1 N–H and O–H groups in total. The zero-order chi connectivity index (χ0) is 13.8. The highest BCUT2D eigenvalue weighted by atomic mass is 35.5. The minimum atomic E-state index is -0.487. The van der Waals surface area contributed by atoms with Crippen molar-refractivity contribution in [2.75, 3.05) is 5.32 Å². The molecule has 19 heavy (non-hydrogen) atoms. The lowest BCUT2D eigenvalue weighted by Crippen LogP contribution is -2.24. The predicted molar refractivity (Wildman–Crippen MR) is 81.7 cm³/mol. The summed E-state index contributed by atoms with van der Waals surface area (Å²) in [4.78, 5) is 12.0. The lowest BCUT2D eigenvalue weighted by atomic mass is 10.1. The number of hydrogen-bond donors (Lipinski definition) is 1. The van der Waals surface area contributed by atoms with Gasteiger partial charge in [0, 0.05) is 11.1 Å². The van der Waals surface area contributed by atoms with E-state index in [4.69, 9.17) is 11.6 Å². The van der Waals surface area contributed by atoms with E-state index in [0.29, 0.717) is 12.3 Å². The van der Waals surface area contributed by atoms with E-state index in [1.165, 1.54) is 0 Å². The first-order chi connectivity index (χ1) is 9.08. The average Bonchev–Trinajstić information content (AvgIpc) is 2.38. The third kappa shape index (κ3) is 3.48. The van der Waals surface area contributed by atoms with Crippen LogP contribution in [0.25, 0.3) is 10.8 Å². The first kappa shape index (κ1) is 13.9. The van der Waals surface area contributed by atoms with Crippen molar-refractivity contribution >= 4 is 34.0 Å². The molecule has 1 amide bonds. The summed E-state index contributed by atoms with van der Waals surface area (Å²) in [6, 6.07) is 13.8. The number of rotatable bonds is 4. The van der Waals surface area contributed by atoms with Gasteiger partial charge in [0.2, 0.25) is 5.91 Å². The summed E-state index contributed by atoms with van der Waals surface area (Å²) in [5.74, 6) is 0.271. The molecular formula is C16H18ClNO. The number of carbonyl (C=O) groups excluding carboxylic acids is 1. The highest BCUT2D eigenvalue weighted by molar-refractivity contribution is 6.32. The summed E-state index contributed by atoms with van der Waals surface area (Å²) in [7, 11) is 0. The van der Waals surface area contributed by atoms with Crippen LogP contribution in [-0.4, -0.2) is 11.3 Å². The lowest BCUT2D eigenvalue weighted by Gasteiger charge is -2.13. The average molecular weight is 276 g/mol. The first-order valence-electron chi connectivity index (χ1n) is 6.50. The number of carbonyl (C=O) groups is 1. The molecule has 0 aliphatic rings. The molecule has 0 fully saturated rings. The molecule has 0 aliphatic heterocycles. The maximum atomic E-state index is 12.0. The van der Waals surface area contributed by atoms with Gasteiger partial charge < -0.3 is 5.32 Å². The third-order valence-corrected chi connectivity index (χ3v) is 3.39. The molecule has 0 spiro atoms. The molecular weight excluding hydrogens is 258 g/mol. The predicted octanol–water partition coefficient (Wildman–Crippen LogP) is 4.43. The van der Waals surface area contributed by atoms with E-state index in [0.717, 1.165) is 16.5 Å². The molecule has 2 aromatic rings. The van der Waals surface area contributed by atoms with Crippen molar-refractivity contribution in [3.8, 4) is 0 Å². The molecule has 1 atom stereocenters. The van der Waals surface area contributed by atoms with Crippen molar-refractivity contribution in [3.63, 3.8) is 0 Å². The summed E-state index contributed by atoms with van der Waals surface area (Å²) in [5.41, 5.74) is 0.817. The van der Waals surface area contributed by atoms with Crippen LogP contribution < -0.4 is 5.32 Å². The largest absolute Gasteiger partial charge is 0.324 e. The van der Waals surface area contributed by atoms with Crippen LogP contribution in [0.2, 0.25) is 0 Å². The Kier molecular flexibility index (Phi) is 4.43. The Bertz CT molecular complexity index is 574. The second-order valence-corrected chi connectivity index (χ2v) is 5.64. The fraction of sp³-hybridized carbons (Fsp3) is 0.312. The fourth-order valence-corrected chi connectivity index (χ4v) is 2.48. The SMILES string of the molecule is CC(C)CC(Cl)C(=O)Nc1cccc2ccccc12. The molecule has 0 aliphatic carbocycles. The van der Waals surface area contributed by atoms with Gasteiger partial charge in [0.05, 0.1) is 0 Å². The minimum absolute atomic E-state index is 0.133. The molecule has 0 bridgehead atoms. The number of amides is 1. The van der Waals surface area contributed by atoms with Crippen LogP contribution in [0.15, 0.2) is 42.5 Å². The smallest absolute Gasteiger partial charge is 0.242 e. The van der Waals surface area contributed by atoms with Crippen LogP contribution in [0.4, 0.5) is 5.69 Å². The van der Waals surface area contributed by atoms with Gasteiger partial charge in [-0.1, -0.05) is 50.2 Å². The van der Waals surface area contributed by atoms with E-state index in [1.807, 2.05) is 42.5 Å². The van der Waals surface area contributed by atoms with Crippen LogP contribution >= 0.6 is 11.6 Å². The highest BCUT2D eigenvalue weighted by Crippen LogP contribution is 2.24. The van der Waals surface area contributed by atoms with Crippen LogP contribution in [-0.2, 0) is 4.79 Å². The van der Waals surface area contributed by atoms with Gasteiger partial charge in [-0.05, 0) is 23.8 Å². The van der Waals surface area contributed by atoms with E-state index in [-0.39, 0.29) is 5.91 Å². The lowest BCUT2D eigenvalue weighted by molar-refractivity contribution is -0.116. The molecule has 100 valence electrons. The molecule has 2 nitrogen and oxygen atoms in total.